The number of anilines is 1. The molecule has 1 aromatic carbocycles. The van der Waals surface area contributed by atoms with Crippen LogP contribution in [-0.2, 0) is 43.5 Å². The van der Waals surface area contributed by atoms with E-state index < -0.39 is 5.60 Å². The van der Waals surface area contributed by atoms with Crippen LogP contribution in [0.25, 0.3) is 11.2 Å². The Hall–Kier alpha value is -3.76. The Kier molecular flexibility index (Phi) is 11.5. The smallest absolute Gasteiger partial charge is 0.410 e. The van der Waals surface area contributed by atoms with E-state index in [1.807, 2.05) is 81.3 Å². The number of ether oxygens (including phenoxy) is 1. The Morgan fingerprint density at radius 1 is 1.20 bits per heavy atom. The number of hydrogen-bond acceptors (Lipinski definition) is 9. The second-order valence-corrected chi connectivity index (χ2v) is 15.0. The number of nitrogens with zero attached hydrogens (tertiary/aromatic N) is 9. The zero-order chi connectivity index (χ0) is 34.0. The first kappa shape index (κ1) is 36.5. The molecular weight excluding hydrogens is 667 g/mol. The first-order valence-corrected chi connectivity index (χ1v) is 17.3. The van der Waals surface area contributed by atoms with Crippen molar-refractivity contribution in [2.24, 2.45) is 4.99 Å². The summed E-state index contributed by atoms with van der Waals surface area (Å²) in [6, 6.07) is 12.5. The van der Waals surface area contributed by atoms with Gasteiger partial charge in [0.15, 0.2) is 0 Å². The second kappa shape index (κ2) is 15.4. The summed E-state index contributed by atoms with van der Waals surface area (Å²) in [5.74, 6) is 0.787. The molecule has 13 heteroatoms. The fourth-order valence-electron chi connectivity index (χ4n) is 6.76. The molecule has 0 N–H and O–H groups in total. The van der Waals surface area contributed by atoms with Gasteiger partial charge in [-0.3, -0.25) is 9.88 Å². The summed E-state index contributed by atoms with van der Waals surface area (Å²) < 4.78 is 7.76. The number of thiophene rings is 1. The predicted molar refractivity (Wildman–Crippen MR) is 189 cm³/mol. The summed E-state index contributed by atoms with van der Waals surface area (Å²) in [5.41, 5.74) is 3.74. The van der Waals surface area contributed by atoms with Gasteiger partial charge in [0.25, 0.3) is 0 Å². The fourth-order valence-corrected chi connectivity index (χ4v) is 7.98. The zero-order valence-corrected chi connectivity index (χ0v) is 31.6. The normalized spacial score (nSPS) is 19.9. The van der Waals surface area contributed by atoms with Crippen molar-refractivity contribution in [3.05, 3.63) is 71.3 Å². The summed E-state index contributed by atoms with van der Waals surface area (Å²) >= 11 is 1.63. The van der Waals surface area contributed by atoms with Crippen molar-refractivity contribution < 1.29 is 35.4 Å². The molecule has 2 saturated heterocycles. The van der Waals surface area contributed by atoms with Crippen molar-refractivity contribution in [2.75, 3.05) is 32.1 Å². The molecular formula is C36H43N9O2SSc-2. The van der Waals surface area contributed by atoms with Crippen LogP contribution in [0, 0.1) is 24.5 Å². The molecule has 1 amide bonds. The molecule has 1 radical (unpaired) electrons. The van der Waals surface area contributed by atoms with Crippen LogP contribution in [0.15, 0.2) is 41.7 Å². The largest absolute Gasteiger partial charge is 0.444 e. The number of amides is 1. The van der Waals surface area contributed by atoms with Crippen molar-refractivity contribution in [3.8, 4) is 6.07 Å². The number of aryl methyl sites for hydroxylation is 1. The minimum atomic E-state index is -0.522. The van der Waals surface area contributed by atoms with Gasteiger partial charge in [0, 0.05) is 81.5 Å². The third-order valence-corrected chi connectivity index (χ3v) is 9.97. The van der Waals surface area contributed by atoms with E-state index in [0.717, 1.165) is 53.9 Å². The maximum absolute atomic E-state index is 12.9. The Bertz CT molecular complexity index is 1810. The number of rotatable bonds is 5. The summed E-state index contributed by atoms with van der Waals surface area (Å²) in [4.78, 5) is 38.7. The molecule has 49 heavy (non-hydrogen) atoms. The Morgan fingerprint density at radius 3 is 2.53 bits per heavy atom. The van der Waals surface area contributed by atoms with Gasteiger partial charge in [0.2, 0.25) is 0 Å². The minimum absolute atomic E-state index is 0. The number of benzene rings is 1. The van der Waals surface area contributed by atoms with E-state index in [-0.39, 0.29) is 49.9 Å². The molecule has 2 bridgehead atoms. The van der Waals surface area contributed by atoms with Crippen molar-refractivity contribution in [1.29, 1.82) is 5.26 Å². The van der Waals surface area contributed by atoms with Crippen LogP contribution in [0.5, 0.6) is 0 Å². The summed E-state index contributed by atoms with van der Waals surface area (Å²) in [7, 11) is 3.85. The molecule has 4 aromatic rings. The van der Waals surface area contributed by atoms with Crippen LogP contribution in [0.2, 0.25) is 0 Å². The van der Waals surface area contributed by atoms with E-state index in [2.05, 4.69) is 43.6 Å². The Labute approximate surface area is 311 Å². The summed E-state index contributed by atoms with van der Waals surface area (Å²) in [5, 5.41) is 10.9. The van der Waals surface area contributed by atoms with E-state index in [9.17, 15) is 10.1 Å². The van der Waals surface area contributed by atoms with E-state index in [0.29, 0.717) is 36.7 Å². The molecule has 3 unspecified atom stereocenters. The number of hydrogen-bond donors (Lipinski definition) is 0. The topological polar surface area (TPSA) is 116 Å². The van der Waals surface area contributed by atoms with Gasteiger partial charge in [-0.1, -0.05) is 6.07 Å². The molecule has 1 aliphatic carbocycles. The van der Waals surface area contributed by atoms with E-state index in [1.165, 1.54) is 4.88 Å². The number of piperazine rings is 1. The number of nitriles is 1. The average Bonchev–Trinajstić information content (AvgIpc) is 3.70. The third kappa shape index (κ3) is 8.35. The van der Waals surface area contributed by atoms with Gasteiger partial charge < -0.3 is 29.1 Å². The molecule has 11 nitrogen and oxygen atoms in total. The maximum atomic E-state index is 12.9. The first-order valence-electron chi connectivity index (χ1n) is 16.5. The molecule has 2 fully saturated rings. The van der Waals surface area contributed by atoms with Crippen LogP contribution >= 0.6 is 11.3 Å². The zero-order valence-electron chi connectivity index (χ0n) is 29.0. The van der Waals surface area contributed by atoms with Crippen molar-refractivity contribution in [1.82, 2.24) is 29.3 Å². The Morgan fingerprint density at radius 2 is 1.92 bits per heavy atom. The molecule has 3 atom stereocenters. The van der Waals surface area contributed by atoms with Crippen LogP contribution in [0.3, 0.4) is 0 Å². The second-order valence-electron chi connectivity index (χ2n) is 13.9. The maximum Gasteiger partial charge on any atom is 0.410 e. The van der Waals surface area contributed by atoms with Crippen molar-refractivity contribution >= 4 is 45.9 Å². The van der Waals surface area contributed by atoms with E-state index >= 15 is 0 Å². The van der Waals surface area contributed by atoms with Gasteiger partial charge in [-0.2, -0.15) is 29.9 Å². The first-order chi connectivity index (χ1) is 23.0. The standard InChI is InChI=1S/C29H36N9O2S.C7H7.Sc/c1-29(2,3)40-28(39)38-19-9-10-20(38)15-36(14-19)27-31-12-22-25(34-27)37(17-32-22)13-18-7-6-8-23-24(18)21(11-30)26(41-23)33-16-35(4)5;1-7-5-3-2-4-6-7;/h16-20H,6-10,13-15H2,1-5H3;2-6H,1H2;/q2*-1;/b33-16+;;. The average molecular weight is 711 g/mol. The summed E-state index contributed by atoms with van der Waals surface area (Å²) in [6.07, 6.45) is 11.3. The quantitative estimate of drug-likeness (QED) is 0.134. The van der Waals surface area contributed by atoms with Gasteiger partial charge in [-0.05, 0) is 64.6 Å². The van der Waals surface area contributed by atoms with Crippen molar-refractivity contribution in [2.45, 2.75) is 83.0 Å². The number of imidazole rings is 1. The SMILES string of the molecule is CN(C)/C=N/c1sc2c(c1C#N)C(Cn1cnc3[c-]nc(N4CC5CCC(C4)N5C(=O)OC(C)(C)C)nc31)CCC2.[CH2-]c1ccccc1.[Sc]. The van der Waals surface area contributed by atoms with E-state index in [4.69, 9.17) is 9.72 Å². The van der Waals surface area contributed by atoms with Gasteiger partial charge in [0.1, 0.15) is 22.6 Å². The van der Waals surface area contributed by atoms with Crippen LogP contribution in [0.4, 0.5) is 15.7 Å². The molecule has 7 rings (SSSR count). The van der Waals surface area contributed by atoms with Gasteiger partial charge >= 0.3 is 6.09 Å². The molecule has 3 aromatic heterocycles. The molecule has 2 aliphatic heterocycles. The van der Waals surface area contributed by atoms with Gasteiger partial charge in [-0.15, -0.1) is 23.5 Å². The van der Waals surface area contributed by atoms with Gasteiger partial charge in [-0.25, -0.2) is 9.79 Å². The molecule has 3 aliphatic rings. The number of aromatic nitrogens is 4. The molecule has 0 spiro atoms. The van der Waals surface area contributed by atoms with Crippen LogP contribution in [0.1, 0.15) is 73.9 Å². The minimum Gasteiger partial charge on any atom is -0.444 e. The monoisotopic (exact) mass is 710 g/mol. The van der Waals surface area contributed by atoms with Crippen LogP contribution < -0.4 is 4.90 Å². The number of aliphatic imine (C=N–C) groups is 1. The number of fused-ring (bicyclic) bond motifs is 4. The molecule has 255 valence electrons. The fraction of sp³-hybridized carbons (Fsp3) is 0.472. The molecule has 0 saturated carbocycles. The van der Waals surface area contributed by atoms with Gasteiger partial charge in [0.05, 0.1) is 30.3 Å². The Balaban J connectivity index is 0.000000523. The number of carbonyl (C=O) groups excluding carboxylic acids is 1. The predicted octanol–water partition coefficient (Wildman–Crippen LogP) is 6.36. The van der Waals surface area contributed by atoms with Crippen molar-refractivity contribution in [3.63, 3.8) is 0 Å². The number of carbonyl (C=O) groups is 1. The van der Waals surface area contributed by atoms with E-state index in [1.54, 1.807) is 17.7 Å². The summed E-state index contributed by atoms with van der Waals surface area (Å²) in [6.45, 7) is 11.4. The molecule has 5 heterocycles. The van der Waals surface area contributed by atoms with Crippen LogP contribution in [-0.4, -0.2) is 86.6 Å². The third-order valence-electron chi connectivity index (χ3n) is 8.79.